The number of likely N-dealkylation sites (tertiary alicyclic amines) is 1. The normalized spacial score (nSPS) is 24.8. The number of piperazine rings is 1. The van der Waals surface area contributed by atoms with Crippen molar-refractivity contribution >= 4 is 0 Å². The van der Waals surface area contributed by atoms with E-state index >= 15 is 0 Å². The van der Waals surface area contributed by atoms with Crippen molar-refractivity contribution < 1.29 is 0 Å². The summed E-state index contributed by atoms with van der Waals surface area (Å²) in [5.41, 5.74) is 1.33. The molecule has 0 N–H and O–H groups in total. The number of hydrogen-bond donors (Lipinski definition) is 0. The summed E-state index contributed by atoms with van der Waals surface area (Å²) in [6, 6.07) is 0. The average Bonchev–Trinajstić information content (AvgIpc) is 2.98. The maximum absolute atomic E-state index is 4.40. The average molecular weight is 317 g/mol. The third-order valence-electron chi connectivity index (χ3n) is 5.12. The Hall–Kier alpha value is -1.17. The molecule has 3 heterocycles. The van der Waals surface area contributed by atoms with Gasteiger partial charge in [-0.3, -0.25) is 9.58 Å². The maximum Gasteiger partial charge on any atom is 0.0587 e. The fourth-order valence-corrected chi connectivity index (χ4v) is 3.82. The third-order valence-corrected chi connectivity index (χ3v) is 5.12. The molecule has 0 radical (unpaired) electrons. The van der Waals surface area contributed by atoms with E-state index in [2.05, 4.69) is 39.6 Å². The van der Waals surface area contributed by atoms with Crippen LogP contribution >= 0.6 is 0 Å². The Kier molecular flexibility index (Phi) is 5.86. The molecular formula is C18H31N5. The Bertz CT molecular complexity index is 489. The highest BCUT2D eigenvalue weighted by Crippen LogP contribution is 2.20. The SMILES string of the molecule is C=CCn1cc(CN2CCC[C@@H](CN3CCN(C)CC3)C2)cn1. The van der Waals surface area contributed by atoms with Crippen LogP contribution in [0.15, 0.2) is 25.0 Å². The molecule has 128 valence electrons. The third kappa shape index (κ3) is 4.90. The van der Waals surface area contributed by atoms with Gasteiger partial charge in [-0.2, -0.15) is 5.10 Å². The van der Waals surface area contributed by atoms with Crippen LogP contribution < -0.4 is 0 Å². The van der Waals surface area contributed by atoms with Gasteiger partial charge in [-0.15, -0.1) is 6.58 Å². The molecule has 5 nitrogen and oxygen atoms in total. The summed E-state index contributed by atoms with van der Waals surface area (Å²) in [5.74, 6) is 0.829. The van der Waals surface area contributed by atoms with Gasteiger partial charge in [-0.05, 0) is 32.4 Å². The van der Waals surface area contributed by atoms with Crippen molar-refractivity contribution in [3.63, 3.8) is 0 Å². The Morgan fingerprint density at radius 1 is 1.22 bits per heavy atom. The lowest BCUT2D eigenvalue weighted by molar-refractivity contribution is 0.0966. The lowest BCUT2D eigenvalue weighted by Gasteiger charge is -2.38. The number of allylic oxidation sites excluding steroid dienone is 1. The fourth-order valence-electron chi connectivity index (χ4n) is 3.82. The van der Waals surface area contributed by atoms with Crippen LogP contribution in [-0.2, 0) is 13.1 Å². The van der Waals surface area contributed by atoms with Crippen molar-refractivity contribution in [2.45, 2.75) is 25.9 Å². The van der Waals surface area contributed by atoms with Crippen LogP contribution in [-0.4, -0.2) is 77.3 Å². The number of rotatable bonds is 6. The highest BCUT2D eigenvalue weighted by Gasteiger charge is 2.23. The molecule has 1 atom stereocenters. The lowest BCUT2D eigenvalue weighted by atomic mass is 9.97. The van der Waals surface area contributed by atoms with E-state index in [4.69, 9.17) is 0 Å². The smallest absolute Gasteiger partial charge is 0.0587 e. The molecule has 0 bridgehead atoms. The van der Waals surface area contributed by atoms with Crippen molar-refractivity contribution in [1.82, 2.24) is 24.5 Å². The molecule has 1 aromatic rings. The van der Waals surface area contributed by atoms with E-state index in [1.54, 1.807) is 0 Å². The predicted octanol–water partition coefficient (Wildman–Crippen LogP) is 1.53. The van der Waals surface area contributed by atoms with Gasteiger partial charge in [-0.1, -0.05) is 6.08 Å². The van der Waals surface area contributed by atoms with Crippen LogP contribution in [0.4, 0.5) is 0 Å². The minimum Gasteiger partial charge on any atom is -0.304 e. The van der Waals surface area contributed by atoms with Crippen LogP contribution in [0.5, 0.6) is 0 Å². The van der Waals surface area contributed by atoms with E-state index in [0.717, 1.165) is 19.0 Å². The predicted molar refractivity (Wildman–Crippen MR) is 94.4 cm³/mol. The molecule has 0 saturated carbocycles. The molecule has 1 aromatic heterocycles. The first-order valence-corrected chi connectivity index (χ1v) is 8.98. The number of likely N-dealkylation sites (N-methyl/N-ethyl adjacent to an activating group) is 1. The second-order valence-electron chi connectivity index (χ2n) is 7.21. The first-order chi connectivity index (χ1) is 11.2. The summed E-state index contributed by atoms with van der Waals surface area (Å²) in [5, 5.41) is 4.40. The zero-order valence-corrected chi connectivity index (χ0v) is 14.5. The molecule has 2 aliphatic rings. The van der Waals surface area contributed by atoms with E-state index < -0.39 is 0 Å². The van der Waals surface area contributed by atoms with Gasteiger partial charge in [0.05, 0.1) is 12.7 Å². The maximum atomic E-state index is 4.40. The van der Waals surface area contributed by atoms with E-state index in [9.17, 15) is 0 Å². The topological polar surface area (TPSA) is 27.5 Å². The summed E-state index contributed by atoms with van der Waals surface area (Å²) in [6.45, 7) is 14.3. The van der Waals surface area contributed by atoms with Gasteiger partial charge in [0.1, 0.15) is 0 Å². The first-order valence-electron chi connectivity index (χ1n) is 8.98. The monoisotopic (exact) mass is 317 g/mol. The molecule has 0 aliphatic carbocycles. The number of hydrogen-bond acceptors (Lipinski definition) is 4. The summed E-state index contributed by atoms with van der Waals surface area (Å²) in [4.78, 5) is 7.71. The molecule has 2 fully saturated rings. The second kappa shape index (κ2) is 8.08. The Labute approximate surface area is 140 Å². The number of aromatic nitrogens is 2. The molecule has 0 unspecified atom stereocenters. The van der Waals surface area contributed by atoms with Crippen molar-refractivity contribution in [3.8, 4) is 0 Å². The van der Waals surface area contributed by atoms with Crippen LogP contribution in [0, 0.1) is 5.92 Å². The van der Waals surface area contributed by atoms with Gasteiger partial charge in [0.15, 0.2) is 0 Å². The van der Waals surface area contributed by atoms with Gasteiger partial charge < -0.3 is 9.80 Å². The summed E-state index contributed by atoms with van der Waals surface area (Å²) in [6.07, 6.45) is 8.78. The minimum atomic E-state index is 0.798. The molecule has 23 heavy (non-hydrogen) atoms. The van der Waals surface area contributed by atoms with Crippen molar-refractivity contribution in [2.75, 3.05) is 52.9 Å². The molecular weight excluding hydrogens is 286 g/mol. The highest BCUT2D eigenvalue weighted by atomic mass is 15.3. The number of nitrogens with zero attached hydrogens (tertiary/aromatic N) is 5. The molecule has 0 aromatic carbocycles. The van der Waals surface area contributed by atoms with Gasteiger partial charge in [0.25, 0.3) is 0 Å². The summed E-state index contributed by atoms with van der Waals surface area (Å²) < 4.78 is 1.97. The summed E-state index contributed by atoms with van der Waals surface area (Å²) in [7, 11) is 2.23. The van der Waals surface area contributed by atoms with Crippen LogP contribution in [0.3, 0.4) is 0 Å². The lowest BCUT2D eigenvalue weighted by Crippen LogP contribution is -2.48. The highest BCUT2D eigenvalue weighted by molar-refractivity contribution is 5.04. The van der Waals surface area contributed by atoms with E-state index in [0.29, 0.717) is 0 Å². The van der Waals surface area contributed by atoms with Crippen molar-refractivity contribution in [1.29, 1.82) is 0 Å². The molecule has 2 aliphatic heterocycles. The zero-order chi connectivity index (χ0) is 16.1. The molecule has 2 saturated heterocycles. The fraction of sp³-hybridized carbons (Fsp3) is 0.722. The number of piperidine rings is 1. The van der Waals surface area contributed by atoms with Crippen LogP contribution in [0.25, 0.3) is 0 Å². The summed E-state index contributed by atoms with van der Waals surface area (Å²) >= 11 is 0. The first kappa shape index (κ1) is 16.7. The molecule has 3 rings (SSSR count). The standard InChI is InChI=1S/C18H31N5/c1-3-6-23-16-18(12-19-23)15-22-7-4-5-17(14-22)13-21-10-8-20(2)9-11-21/h3,12,16-17H,1,4-11,13-15H2,2H3/t17-/m0/s1. The Morgan fingerprint density at radius 2 is 2.04 bits per heavy atom. The molecule has 5 heteroatoms. The van der Waals surface area contributed by atoms with E-state index in [1.807, 2.05) is 17.0 Å². The van der Waals surface area contributed by atoms with Gasteiger partial charge in [0, 0.05) is 57.6 Å². The largest absolute Gasteiger partial charge is 0.304 e. The Balaban J connectivity index is 1.46. The van der Waals surface area contributed by atoms with Gasteiger partial charge in [-0.25, -0.2) is 0 Å². The molecule has 0 spiro atoms. The van der Waals surface area contributed by atoms with E-state index in [-0.39, 0.29) is 0 Å². The van der Waals surface area contributed by atoms with Crippen LogP contribution in [0.1, 0.15) is 18.4 Å². The zero-order valence-electron chi connectivity index (χ0n) is 14.5. The minimum absolute atomic E-state index is 0.798. The quantitative estimate of drug-likeness (QED) is 0.744. The van der Waals surface area contributed by atoms with Crippen molar-refractivity contribution in [3.05, 3.63) is 30.6 Å². The van der Waals surface area contributed by atoms with Gasteiger partial charge >= 0.3 is 0 Å². The van der Waals surface area contributed by atoms with E-state index in [1.165, 1.54) is 64.2 Å². The van der Waals surface area contributed by atoms with Crippen LogP contribution in [0.2, 0.25) is 0 Å². The van der Waals surface area contributed by atoms with Gasteiger partial charge in [0.2, 0.25) is 0 Å². The second-order valence-corrected chi connectivity index (χ2v) is 7.21. The molecule has 0 amide bonds. The Morgan fingerprint density at radius 3 is 2.83 bits per heavy atom. The van der Waals surface area contributed by atoms with Crippen molar-refractivity contribution in [2.24, 2.45) is 5.92 Å².